The molecule has 0 radical (unpaired) electrons. The SMILES string of the molecule is CC(C)(C(=O)Nc1ccc(C(F)(F)F)cn1)S(=O)(=O)CC1CCNCC1. The summed E-state index contributed by atoms with van der Waals surface area (Å²) in [6, 6.07) is 1.77. The van der Waals surface area contributed by atoms with Crippen molar-refractivity contribution >= 4 is 21.6 Å². The highest BCUT2D eigenvalue weighted by molar-refractivity contribution is 7.93. The molecule has 1 aliphatic rings. The highest BCUT2D eigenvalue weighted by Crippen LogP contribution is 2.29. The van der Waals surface area contributed by atoms with Crippen molar-refractivity contribution in [3.63, 3.8) is 0 Å². The minimum atomic E-state index is -4.53. The van der Waals surface area contributed by atoms with Crippen LogP contribution in [0.2, 0.25) is 0 Å². The molecule has 0 saturated carbocycles. The van der Waals surface area contributed by atoms with Gasteiger partial charge in [0.05, 0.1) is 11.3 Å². The van der Waals surface area contributed by atoms with Crippen molar-refractivity contribution in [1.29, 1.82) is 0 Å². The Morgan fingerprint density at radius 2 is 1.88 bits per heavy atom. The van der Waals surface area contributed by atoms with Gasteiger partial charge in [-0.2, -0.15) is 13.2 Å². The first-order chi connectivity index (χ1) is 11.9. The number of sulfone groups is 1. The Hall–Kier alpha value is -1.68. The van der Waals surface area contributed by atoms with Crippen molar-refractivity contribution in [3.05, 3.63) is 23.9 Å². The van der Waals surface area contributed by atoms with Crippen LogP contribution in [0.4, 0.5) is 19.0 Å². The molecule has 1 fully saturated rings. The molecule has 1 amide bonds. The van der Waals surface area contributed by atoms with Crippen LogP contribution in [0.25, 0.3) is 0 Å². The summed E-state index contributed by atoms with van der Waals surface area (Å²) in [6.07, 6.45) is -2.51. The molecular formula is C16H22F3N3O3S. The van der Waals surface area contributed by atoms with Gasteiger partial charge in [0, 0.05) is 6.20 Å². The number of nitrogens with zero attached hydrogens (tertiary/aromatic N) is 1. The maximum absolute atomic E-state index is 12.7. The summed E-state index contributed by atoms with van der Waals surface area (Å²) in [5.41, 5.74) is -0.951. The molecule has 2 heterocycles. The molecule has 0 bridgehead atoms. The van der Waals surface area contributed by atoms with Crippen LogP contribution in [0.5, 0.6) is 0 Å². The number of nitrogens with one attached hydrogen (secondary N) is 2. The van der Waals surface area contributed by atoms with Crippen molar-refractivity contribution in [2.75, 3.05) is 24.2 Å². The van der Waals surface area contributed by atoms with Gasteiger partial charge in [-0.05, 0) is 57.8 Å². The number of amides is 1. The highest BCUT2D eigenvalue weighted by atomic mass is 32.2. The Morgan fingerprint density at radius 1 is 1.27 bits per heavy atom. The molecule has 0 aromatic carbocycles. The van der Waals surface area contributed by atoms with E-state index in [0.717, 1.165) is 38.1 Å². The van der Waals surface area contributed by atoms with Crippen LogP contribution in [0.1, 0.15) is 32.3 Å². The Labute approximate surface area is 150 Å². The number of alkyl halides is 3. The van der Waals surface area contributed by atoms with E-state index >= 15 is 0 Å². The second kappa shape index (κ2) is 7.51. The number of aromatic nitrogens is 1. The van der Waals surface area contributed by atoms with Gasteiger partial charge in [0.2, 0.25) is 5.91 Å². The van der Waals surface area contributed by atoms with Gasteiger partial charge in [-0.1, -0.05) is 0 Å². The van der Waals surface area contributed by atoms with E-state index in [4.69, 9.17) is 0 Å². The molecule has 10 heteroatoms. The van der Waals surface area contributed by atoms with Gasteiger partial charge in [-0.3, -0.25) is 4.79 Å². The Kier molecular flexibility index (Phi) is 5.96. The lowest BCUT2D eigenvalue weighted by atomic mass is 10.0. The van der Waals surface area contributed by atoms with Crippen molar-refractivity contribution < 1.29 is 26.4 Å². The molecule has 1 aliphatic heterocycles. The monoisotopic (exact) mass is 393 g/mol. The number of carbonyl (C=O) groups excluding carboxylic acids is 1. The van der Waals surface area contributed by atoms with Gasteiger partial charge in [0.1, 0.15) is 10.6 Å². The van der Waals surface area contributed by atoms with E-state index in [1.54, 1.807) is 0 Å². The van der Waals surface area contributed by atoms with E-state index in [9.17, 15) is 26.4 Å². The van der Waals surface area contributed by atoms with Gasteiger partial charge >= 0.3 is 6.18 Å². The first-order valence-electron chi connectivity index (χ1n) is 8.21. The minimum Gasteiger partial charge on any atom is -0.317 e. The third kappa shape index (κ3) is 4.73. The van der Waals surface area contributed by atoms with Crippen LogP contribution < -0.4 is 10.6 Å². The van der Waals surface area contributed by atoms with Gasteiger partial charge in [-0.25, -0.2) is 13.4 Å². The summed E-state index contributed by atoms with van der Waals surface area (Å²) in [5.74, 6) is -1.07. The first-order valence-corrected chi connectivity index (χ1v) is 9.86. The minimum absolute atomic E-state index is 0.0162. The summed E-state index contributed by atoms with van der Waals surface area (Å²) in [7, 11) is -3.76. The summed E-state index contributed by atoms with van der Waals surface area (Å²) in [5, 5.41) is 5.44. The number of anilines is 1. The van der Waals surface area contributed by atoms with Gasteiger partial charge in [-0.15, -0.1) is 0 Å². The third-order valence-corrected chi connectivity index (χ3v) is 7.22. The second-order valence-electron chi connectivity index (χ2n) is 6.87. The van der Waals surface area contributed by atoms with Crippen LogP contribution >= 0.6 is 0 Å². The van der Waals surface area contributed by atoms with E-state index in [1.165, 1.54) is 13.8 Å². The van der Waals surface area contributed by atoms with E-state index in [0.29, 0.717) is 6.20 Å². The molecule has 26 heavy (non-hydrogen) atoms. The molecule has 2 N–H and O–H groups in total. The van der Waals surface area contributed by atoms with Crippen LogP contribution in [0.3, 0.4) is 0 Å². The summed E-state index contributed by atoms with van der Waals surface area (Å²) < 4.78 is 61.3. The molecule has 6 nitrogen and oxygen atoms in total. The highest BCUT2D eigenvalue weighted by Gasteiger charge is 2.43. The lowest BCUT2D eigenvalue weighted by Crippen LogP contribution is -2.47. The second-order valence-corrected chi connectivity index (χ2v) is 9.45. The van der Waals surface area contributed by atoms with Gasteiger partial charge < -0.3 is 10.6 Å². The van der Waals surface area contributed by atoms with Crippen LogP contribution in [0.15, 0.2) is 18.3 Å². The zero-order valence-electron chi connectivity index (χ0n) is 14.6. The Bertz CT molecular complexity index is 740. The molecule has 1 aromatic rings. The zero-order valence-corrected chi connectivity index (χ0v) is 15.4. The third-order valence-electron chi connectivity index (χ3n) is 4.57. The molecule has 2 rings (SSSR count). The lowest BCUT2D eigenvalue weighted by molar-refractivity contribution is -0.137. The molecule has 0 atom stereocenters. The van der Waals surface area contributed by atoms with E-state index in [2.05, 4.69) is 15.6 Å². The predicted molar refractivity (Wildman–Crippen MR) is 91.3 cm³/mol. The number of rotatable bonds is 5. The van der Waals surface area contributed by atoms with Crippen molar-refractivity contribution in [3.8, 4) is 0 Å². The van der Waals surface area contributed by atoms with E-state index in [-0.39, 0.29) is 17.5 Å². The summed E-state index contributed by atoms with van der Waals surface area (Å²) in [4.78, 5) is 16.0. The fourth-order valence-corrected chi connectivity index (χ4v) is 4.31. The van der Waals surface area contributed by atoms with Gasteiger partial charge in [0.25, 0.3) is 0 Å². The number of hydrogen-bond donors (Lipinski definition) is 2. The first kappa shape index (κ1) is 20.6. The summed E-state index contributed by atoms with van der Waals surface area (Å²) >= 11 is 0. The number of hydrogen-bond acceptors (Lipinski definition) is 5. The van der Waals surface area contributed by atoms with Crippen molar-refractivity contribution in [2.24, 2.45) is 5.92 Å². The van der Waals surface area contributed by atoms with Crippen LogP contribution in [-0.2, 0) is 20.8 Å². The normalized spacial score (nSPS) is 17.1. The summed E-state index contributed by atoms with van der Waals surface area (Å²) in [6.45, 7) is 4.07. The number of carbonyl (C=O) groups is 1. The molecule has 0 spiro atoms. The lowest BCUT2D eigenvalue weighted by Gasteiger charge is -2.28. The fourth-order valence-electron chi connectivity index (χ4n) is 2.61. The van der Waals surface area contributed by atoms with E-state index in [1.807, 2.05) is 0 Å². The van der Waals surface area contributed by atoms with Crippen molar-refractivity contribution in [1.82, 2.24) is 10.3 Å². The van der Waals surface area contributed by atoms with E-state index < -0.39 is 32.2 Å². The maximum Gasteiger partial charge on any atom is 0.417 e. The standard InChI is InChI=1S/C16H22F3N3O3S/c1-15(2,26(24,25)10-11-5-7-20-8-6-11)14(23)22-13-4-3-12(9-21-13)16(17,18)19/h3-4,9,11,20H,5-8,10H2,1-2H3,(H,21,22,23). The largest absolute Gasteiger partial charge is 0.417 e. The molecule has 0 unspecified atom stereocenters. The topological polar surface area (TPSA) is 88.2 Å². The quantitative estimate of drug-likeness (QED) is 0.801. The van der Waals surface area contributed by atoms with Gasteiger partial charge in [0.15, 0.2) is 9.84 Å². The fraction of sp³-hybridized carbons (Fsp3) is 0.625. The van der Waals surface area contributed by atoms with Crippen LogP contribution in [0, 0.1) is 5.92 Å². The smallest absolute Gasteiger partial charge is 0.317 e. The average Bonchev–Trinajstić information content (AvgIpc) is 2.54. The maximum atomic E-state index is 12.7. The Balaban J connectivity index is 2.08. The number of halogens is 3. The zero-order chi connectivity index (χ0) is 19.6. The predicted octanol–water partition coefficient (Wildman–Crippen LogP) is 2.23. The number of pyridine rings is 1. The Morgan fingerprint density at radius 3 is 2.38 bits per heavy atom. The molecule has 1 saturated heterocycles. The molecule has 1 aromatic heterocycles. The molecule has 0 aliphatic carbocycles. The molecule has 146 valence electrons. The van der Waals surface area contributed by atoms with Crippen LogP contribution in [-0.4, -0.2) is 42.9 Å². The van der Waals surface area contributed by atoms with Crippen molar-refractivity contribution in [2.45, 2.75) is 37.6 Å². The number of piperidine rings is 1. The molecular weight excluding hydrogens is 371 g/mol. The average molecular weight is 393 g/mol.